The Bertz CT molecular complexity index is 985. The molecule has 1 saturated heterocycles. The van der Waals surface area contributed by atoms with E-state index in [2.05, 4.69) is 10.3 Å². The molecule has 26 heavy (non-hydrogen) atoms. The Balaban J connectivity index is 1.78. The Kier molecular flexibility index (Phi) is 4.08. The van der Waals surface area contributed by atoms with E-state index in [1.165, 1.54) is 6.07 Å². The summed E-state index contributed by atoms with van der Waals surface area (Å²) in [5.74, 6) is -0.518. The van der Waals surface area contributed by atoms with Gasteiger partial charge >= 0.3 is 0 Å². The van der Waals surface area contributed by atoms with Gasteiger partial charge in [0.2, 0.25) is 5.76 Å². The van der Waals surface area contributed by atoms with E-state index >= 15 is 0 Å². The minimum absolute atomic E-state index is 0.0315. The minimum Gasteiger partial charge on any atom is -0.448 e. The molecule has 3 heterocycles. The highest BCUT2D eigenvalue weighted by atomic mass is 19.1. The van der Waals surface area contributed by atoms with E-state index in [0.717, 1.165) is 12.0 Å². The van der Waals surface area contributed by atoms with Crippen LogP contribution in [0.15, 0.2) is 41.1 Å². The summed E-state index contributed by atoms with van der Waals surface area (Å²) >= 11 is 0. The van der Waals surface area contributed by atoms with Gasteiger partial charge in [0.1, 0.15) is 17.1 Å². The molecule has 7 heteroatoms. The van der Waals surface area contributed by atoms with Gasteiger partial charge in [-0.05, 0) is 37.1 Å². The van der Waals surface area contributed by atoms with Crippen LogP contribution in [0.3, 0.4) is 0 Å². The van der Waals surface area contributed by atoms with Gasteiger partial charge < -0.3 is 20.4 Å². The van der Waals surface area contributed by atoms with Gasteiger partial charge in [0.15, 0.2) is 0 Å². The van der Waals surface area contributed by atoms with Gasteiger partial charge in [-0.15, -0.1) is 0 Å². The van der Waals surface area contributed by atoms with Gasteiger partial charge in [-0.2, -0.15) is 0 Å². The second-order valence-electron chi connectivity index (χ2n) is 6.59. The zero-order valence-corrected chi connectivity index (χ0v) is 14.3. The molecule has 0 spiro atoms. The first kappa shape index (κ1) is 16.5. The van der Waals surface area contributed by atoms with E-state index < -0.39 is 5.82 Å². The molecule has 1 aromatic carbocycles. The van der Waals surface area contributed by atoms with E-state index in [-0.39, 0.29) is 23.4 Å². The van der Waals surface area contributed by atoms with E-state index in [0.29, 0.717) is 29.7 Å². The van der Waals surface area contributed by atoms with E-state index in [9.17, 15) is 9.18 Å². The normalized spacial score (nSPS) is 17.0. The van der Waals surface area contributed by atoms with Gasteiger partial charge in [0.05, 0.1) is 11.1 Å². The Labute approximate surface area is 149 Å². The van der Waals surface area contributed by atoms with Crippen LogP contribution in [0.2, 0.25) is 0 Å². The number of pyridine rings is 1. The van der Waals surface area contributed by atoms with Crippen LogP contribution in [0.1, 0.15) is 22.5 Å². The predicted octanol–water partition coefficient (Wildman–Crippen LogP) is 3.19. The number of nitrogens with one attached hydrogen (secondary N) is 1. The van der Waals surface area contributed by atoms with Crippen molar-refractivity contribution in [1.82, 2.24) is 9.88 Å². The first-order valence-corrected chi connectivity index (χ1v) is 8.47. The molecule has 1 atom stereocenters. The minimum atomic E-state index is -0.398. The SMILES string of the molecule is Cc1ccc(Nc2c(C(=O)N3CCC(N)C3)oc3ccncc23)c(F)c1. The van der Waals surface area contributed by atoms with Gasteiger partial charge in [0.25, 0.3) is 5.91 Å². The maximum atomic E-state index is 14.3. The maximum absolute atomic E-state index is 14.3. The van der Waals surface area contributed by atoms with Crippen LogP contribution in [0, 0.1) is 12.7 Å². The molecule has 0 bridgehead atoms. The van der Waals surface area contributed by atoms with Crippen LogP contribution < -0.4 is 11.1 Å². The molecule has 134 valence electrons. The number of fused-ring (bicyclic) bond motifs is 1. The molecule has 0 saturated carbocycles. The molecule has 3 N–H and O–H groups in total. The summed E-state index contributed by atoms with van der Waals surface area (Å²) in [6.45, 7) is 2.87. The third-order valence-electron chi connectivity index (χ3n) is 4.58. The van der Waals surface area contributed by atoms with Gasteiger partial charge in [0, 0.05) is 31.5 Å². The van der Waals surface area contributed by atoms with E-state index in [1.54, 1.807) is 35.5 Å². The molecule has 0 radical (unpaired) electrons. The fourth-order valence-electron chi connectivity index (χ4n) is 3.19. The van der Waals surface area contributed by atoms with Crippen molar-refractivity contribution in [3.63, 3.8) is 0 Å². The number of hydrogen-bond acceptors (Lipinski definition) is 5. The highest BCUT2D eigenvalue weighted by molar-refractivity contribution is 6.07. The Hall–Kier alpha value is -2.93. The number of aryl methyl sites for hydroxylation is 1. The van der Waals surface area contributed by atoms with Crippen LogP contribution >= 0.6 is 0 Å². The van der Waals surface area contributed by atoms with Crippen molar-refractivity contribution in [2.24, 2.45) is 5.73 Å². The number of carbonyl (C=O) groups excluding carboxylic acids is 1. The summed E-state index contributed by atoms with van der Waals surface area (Å²) in [5, 5.41) is 3.64. The lowest BCUT2D eigenvalue weighted by atomic mass is 10.2. The lowest BCUT2D eigenvalue weighted by Crippen LogP contribution is -2.32. The molecule has 0 aliphatic carbocycles. The third-order valence-corrected chi connectivity index (χ3v) is 4.58. The molecular weight excluding hydrogens is 335 g/mol. The lowest BCUT2D eigenvalue weighted by molar-refractivity contribution is 0.0763. The van der Waals surface area contributed by atoms with Crippen molar-refractivity contribution in [2.45, 2.75) is 19.4 Å². The quantitative estimate of drug-likeness (QED) is 0.755. The van der Waals surface area contributed by atoms with E-state index in [4.69, 9.17) is 10.2 Å². The van der Waals surface area contributed by atoms with Gasteiger partial charge in [-0.1, -0.05) is 6.07 Å². The van der Waals surface area contributed by atoms with Crippen LogP contribution in [0.4, 0.5) is 15.8 Å². The molecule has 1 unspecified atom stereocenters. The second-order valence-corrected chi connectivity index (χ2v) is 6.59. The average molecular weight is 354 g/mol. The van der Waals surface area contributed by atoms with Crippen LogP contribution in [0.5, 0.6) is 0 Å². The summed E-state index contributed by atoms with van der Waals surface area (Å²) in [5.41, 5.74) is 7.93. The number of amides is 1. The maximum Gasteiger partial charge on any atom is 0.291 e. The molecule has 6 nitrogen and oxygen atoms in total. The summed E-state index contributed by atoms with van der Waals surface area (Å²) in [6, 6.07) is 6.52. The van der Waals surface area contributed by atoms with Crippen molar-refractivity contribution >= 4 is 28.3 Å². The topological polar surface area (TPSA) is 84.4 Å². The molecule has 3 aromatic rings. The van der Waals surface area contributed by atoms with Crippen LogP contribution in [0.25, 0.3) is 11.0 Å². The number of nitrogens with two attached hydrogens (primary N) is 1. The average Bonchev–Trinajstić information content (AvgIpc) is 3.21. The number of halogens is 1. The Morgan fingerprint density at radius 2 is 2.27 bits per heavy atom. The molecule has 1 amide bonds. The highest BCUT2D eigenvalue weighted by Gasteiger charge is 2.30. The van der Waals surface area contributed by atoms with E-state index in [1.807, 2.05) is 6.92 Å². The largest absolute Gasteiger partial charge is 0.448 e. The van der Waals surface area contributed by atoms with Crippen molar-refractivity contribution < 1.29 is 13.6 Å². The zero-order chi connectivity index (χ0) is 18.3. The fourth-order valence-corrected chi connectivity index (χ4v) is 3.19. The van der Waals surface area contributed by atoms with Crippen molar-refractivity contribution in [3.8, 4) is 0 Å². The Morgan fingerprint density at radius 3 is 3.00 bits per heavy atom. The van der Waals surface area contributed by atoms with Crippen molar-refractivity contribution in [2.75, 3.05) is 18.4 Å². The summed E-state index contributed by atoms with van der Waals surface area (Å²) in [6.07, 6.45) is 3.94. The zero-order valence-electron chi connectivity index (χ0n) is 14.3. The number of nitrogens with zero attached hydrogens (tertiary/aromatic N) is 2. The Morgan fingerprint density at radius 1 is 1.42 bits per heavy atom. The smallest absolute Gasteiger partial charge is 0.291 e. The molecule has 2 aromatic heterocycles. The fraction of sp³-hybridized carbons (Fsp3) is 0.263. The second kappa shape index (κ2) is 6.42. The van der Waals surface area contributed by atoms with Gasteiger partial charge in [-0.25, -0.2) is 4.39 Å². The number of likely N-dealkylation sites (tertiary alicyclic amines) is 1. The number of aromatic nitrogens is 1. The standard InChI is InChI=1S/C19H19FN4O2/c1-11-2-3-15(14(20)8-11)23-17-13-9-22-6-4-16(13)26-18(17)19(25)24-7-5-12(21)10-24/h2-4,6,8-9,12,23H,5,7,10,21H2,1H3. The first-order chi connectivity index (χ1) is 12.5. The highest BCUT2D eigenvalue weighted by Crippen LogP contribution is 2.34. The van der Waals surface area contributed by atoms with Crippen molar-refractivity contribution in [1.29, 1.82) is 0 Å². The lowest BCUT2D eigenvalue weighted by Gasteiger charge is -2.15. The van der Waals surface area contributed by atoms with Crippen LogP contribution in [-0.2, 0) is 0 Å². The van der Waals surface area contributed by atoms with Crippen LogP contribution in [-0.4, -0.2) is 34.9 Å². The third kappa shape index (κ3) is 2.90. The number of anilines is 2. The summed E-state index contributed by atoms with van der Waals surface area (Å²) in [7, 11) is 0. The molecular formula is C19H19FN4O2. The number of benzene rings is 1. The molecule has 1 aliphatic rings. The number of carbonyl (C=O) groups is 1. The number of rotatable bonds is 3. The monoisotopic (exact) mass is 354 g/mol. The summed E-state index contributed by atoms with van der Waals surface area (Å²) in [4.78, 5) is 18.7. The molecule has 4 rings (SSSR count). The first-order valence-electron chi connectivity index (χ1n) is 8.47. The van der Waals surface area contributed by atoms with Gasteiger partial charge in [-0.3, -0.25) is 9.78 Å². The number of furan rings is 1. The molecule has 1 fully saturated rings. The van der Waals surface area contributed by atoms with Crippen molar-refractivity contribution in [3.05, 3.63) is 53.8 Å². The predicted molar refractivity (Wildman–Crippen MR) is 96.9 cm³/mol. The molecule has 1 aliphatic heterocycles. The number of hydrogen-bond donors (Lipinski definition) is 2. The summed E-state index contributed by atoms with van der Waals surface area (Å²) < 4.78 is 20.1.